The Labute approximate surface area is 137 Å². The van der Waals surface area contributed by atoms with Gasteiger partial charge in [-0.15, -0.1) is 0 Å². The van der Waals surface area contributed by atoms with Gasteiger partial charge in [0.1, 0.15) is 0 Å². The first-order valence-electron chi connectivity index (χ1n) is 7.23. The zero-order chi connectivity index (χ0) is 16.2. The Morgan fingerprint density at radius 1 is 1.09 bits per heavy atom. The van der Waals surface area contributed by atoms with E-state index >= 15 is 0 Å². The van der Waals surface area contributed by atoms with Gasteiger partial charge in [0.2, 0.25) is 10.0 Å². The summed E-state index contributed by atoms with van der Waals surface area (Å²) in [5.74, 6) is -0.0784. The Kier molecular flexibility index (Phi) is 5.62. The van der Waals surface area contributed by atoms with Crippen molar-refractivity contribution in [1.82, 2.24) is 4.72 Å². The van der Waals surface area contributed by atoms with Gasteiger partial charge in [-0.3, -0.25) is 0 Å². The van der Waals surface area contributed by atoms with Crippen LogP contribution in [0.25, 0.3) is 0 Å². The quantitative estimate of drug-likeness (QED) is 0.863. The predicted octanol–water partition coefficient (Wildman–Crippen LogP) is 4.08. The molecule has 0 aromatic heterocycles. The molecule has 0 bridgehead atoms. The summed E-state index contributed by atoms with van der Waals surface area (Å²) in [7, 11) is -3.42. The smallest absolute Gasteiger partial charge is 0.212 e. The molecule has 2 rings (SSSR count). The summed E-state index contributed by atoms with van der Waals surface area (Å²) in [6.45, 7) is 3.93. The van der Waals surface area contributed by atoms with Crippen LogP contribution in [0.3, 0.4) is 0 Å². The summed E-state index contributed by atoms with van der Waals surface area (Å²) < 4.78 is 27.2. The molecule has 2 aromatic rings. The topological polar surface area (TPSA) is 46.2 Å². The molecule has 0 spiro atoms. The van der Waals surface area contributed by atoms with Gasteiger partial charge in [0.15, 0.2) is 0 Å². The van der Waals surface area contributed by atoms with Crippen molar-refractivity contribution >= 4 is 21.6 Å². The first kappa shape index (κ1) is 17.0. The molecule has 0 amide bonds. The van der Waals surface area contributed by atoms with E-state index in [2.05, 4.69) is 11.6 Å². The second-order valence-electron chi connectivity index (χ2n) is 5.32. The molecule has 2 aromatic carbocycles. The third kappa shape index (κ3) is 4.83. The highest BCUT2D eigenvalue weighted by Crippen LogP contribution is 2.17. The SMILES string of the molecule is CCc1ccc([C@@H](C)NS(=O)(=O)Cc2cccc(Cl)c2)cc1. The summed E-state index contributed by atoms with van der Waals surface area (Å²) in [6.07, 6.45) is 0.967. The van der Waals surface area contributed by atoms with E-state index in [0.29, 0.717) is 10.6 Å². The van der Waals surface area contributed by atoms with Crippen molar-refractivity contribution in [2.24, 2.45) is 0 Å². The Morgan fingerprint density at radius 2 is 1.77 bits per heavy atom. The molecule has 0 heterocycles. The van der Waals surface area contributed by atoms with E-state index in [1.165, 1.54) is 5.56 Å². The number of sulfonamides is 1. The fraction of sp³-hybridized carbons (Fsp3) is 0.294. The fourth-order valence-corrected chi connectivity index (χ4v) is 3.86. The van der Waals surface area contributed by atoms with E-state index < -0.39 is 10.0 Å². The first-order chi connectivity index (χ1) is 10.4. The average molecular weight is 338 g/mol. The van der Waals surface area contributed by atoms with E-state index in [9.17, 15) is 8.42 Å². The summed E-state index contributed by atoms with van der Waals surface area (Å²) in [6, 6.07) is 14.6. The van der Waals surface area contributed by atoms with Crippen LogP contribution in [0, 0.1) is 0 Å². The van der Waals surface area contributed by atoms with Gasteiger partial charge in [-0.2, -0.15) is 0 Å². The maximum absolute atomic E-state index is 12.3. The van der Waals surface area contributed by atoms with Crippen LogP contribution < -0.4 is 4.72 Å². The zero-order valence-corrected chi connectivity index (χ0v) is 14.3. The van der Waals surface area contributed by atoms with Crippen molar-refractivity contribution in [1.29, 1.82) is 0 Å². The van der Waals surface area contributed by atoms with Crippen LogP contribution in [-0.4, -0.2) is 8.42 Å². The van der Waals surface area contributed by atoms with Gasteiger partial charge in [0.25, 0.3) is 0 Å². The minimum Gasteiger partial charge on any atom is -0.212 e. The first-order valence-corrected chi connectivity index (χ1v) is 9.26. The van der Waals surface area contributed by atoms with Crippen molar-refractivity contribution in [2.75, 3.05) is 0 Å². The number of hydrogen-bond acceptors (Lipinski definition) is 2. The van der Waals surface area contributed by atoms with Gasteiger partial charge in [0, 0.05) is 11.1 Å². The Bertz CT molecular complexity index is 727. The molecule has 0 fully saturated rings. The molecule has 0 aliphatic heterocycles. The molecule has 1 atom stereocenters. The average Bonchev–Trinajstić information content (AvgIpc) is 2.46. The lowest BCUT2D eigenvalue weighted by Crippen LogP contribution is -2.28. The molecule has 118 valence electrons. The zero-order valence-electron chi connectivity index (χ0n) is 12.7. The summed E-state index contributed by atoms with van der Waals surface area (Å²) in [5.41, 5.74) is 2.86. The van der Waals surface area contributed by atoms with Crippen molar-refractivity contribution < 1.29 is 8.42 Å². The number of hydrogen-bond donors (Lipinski definition) is 1. The Balaban J connectivity index is 2.07. The Morgan fingerprint density at radius 3 is 2.36 bits per heavy atom. The second kappa shape index (κ2) is 7.27. The minimum atomic E-state index is -3.42. The molecule has 3 nitrogen and oxygen atoms in total. The normalized spacial score (nSPS) is 13.0. The van der Waals surface area contributed by atoms with Crippen LogP contribution in [0.15, 0.2) is 48.5 Å². The van der Waals surface area contributed by atoms with Crippen molar-refractivity contribution in [3.63, 3.8) is 0 Å². The lowest BCUT2D eigenvalue weighted by molar-refractivity contribution is 0.566. The van der Waals surface area contributed by atoms with E-state index in [0.717, 1.165) is 12.0 Å². The maximum Gasteiger partial charge on any atom is 0.216 e. The second-order valence-corrected chi connectivity index (χ2v) is 7.51. The highest BCUT2D eigenvalue weighted by Gasteiger charge is 2.16. The van der Waals surface area contributed by atoms with Crippen LogP contribution >= 0.6 is 11.6 Å². The van der Waals surface area contributed by atoms with E-state index in [1.54, 1.807) is 24.3 Å². The van der Waals surface area contributed by atoms with Crippen LogP contribution in [0.2, 0.25) is 5.02 Å². The van der Waals surface area contributed by atoms with E-state index in [4.69, 9.17) is 11.6 Å². The molecule has 5 heteroatoms. The highest BCUT2D eigenvalue weighted by molar-refractivity contribution is 7.88. The van der Waals surface area contributed by atoms with Gasteiger partial charge in [-0.05, 0) is 42.2 Å². The third-order valence-electron chi connectivity index (χ3n) is 3.49. The largest absolute Gasteiger partial charge is 0.216 e. The lowest BCUT2D eigenvalue weighted by Gasteiger charge is -2.15. The van der Waals surface area contributed by atoms with Gasteiger partial charge in [-0.25, -0.2) is 13.1 Å². The molecule has 0 aliphatic rings. The minimum absolute atomic E-state index is 0.0784. The summed E-state index contributed by atoms with van der Waals surface area (Å²) in [5, 5.41) is 0.538. The molecular formula is C17H20ClNO2S. The van der Waals surface area contributed by atoms with Crippen LogP contribution in [0.5, 0.6) is 0 Å². The predicted molar refractivity (Wildman–Crippen MR) is 91.4 cm³/mol. The molecule has 22 heavy (non-hydrogen) atoms. The summed E-state index contributed by atoms with van der Waals surface area (Å²) >= 11 is 5.89. The highest BCUT2D eigenvalue weighted by atomic mass is 35.5. The van der Waals surface area contributed by atoms with Gasteiger partial charge in [-0.1, -0.05) is 54.9 Å². The number of benzene rings is 2. The molecule has 1 N–H and O–H groups in total. The third-order valence-corrected chi connectivity index (χ3v) is 5.15. The molecule has 0 aliphatic carbocycles. The number of halogens is 1. The lowest BCUT2D eigenvalue weighted by atomic mass is 10.1. The van der Waals surface area contributed by atoms with Crippen LogP contribution in [0.1, 0.15) is 36.6 Å². The van der Waals surface area contributed by atoms with Crippen molar-refractivity contribution in [3.05, 3.63) is 70.2 Å². The van der Waals surface area contributed by atoms with Crippen molar-refractivity contribution in [3.8, 4) is 0 Å². The fourth-order valence-electron chi connectivity index (χ4n) is 2.27. The molecule has 0 saturated heterocycles. The molecular weight excluding hydrogens is 318 g/mol. The molecule has 0 unspecified atom stereocenters. The molecule has 0 radical (unpaired) electrons. The Hall–Kier alpha value is -1.36. The number of rotatable bonds is 6. The number of nitrogens with one attached hydrogen (secondary N) is 1. The van der Waals surface area contributed by atoms with Gasteiger partial charge < -0.3 is 0 Å². The maximum atomic E-state index is 12.3. The van der Waals surface area contributed by atoms with E-state index in [1.807, 2.05) is 31.2 Å². The van der Waals surface area contributed by atoms with Crippen molar-refractivity contribution in [2.45, 2.75) is 32.1 Å². The standard InChI is InChI=1S/C17H20ClNO2S/c1-3-14-7-9-16(10-8-14)13(2)19-22(20,21)12-15-5-4-6-17(18)11-15/h4-11,13,19H,3,12H2,1-2H3/t13-/m1/s1. The van der Waals surface area contributed by atoms with Crippen LogP contribution in [-0.2, 0) is 22.2 Å². The van der Waals surface area contributed by atoms with E-state index in [-0.39, 0.29) is 11.8 Å². The monoisotopic (exact) mass is 337 g/mol. The number of aryl methyl sites for hydroxylation is 1. The van der Waals surface area contributed by atoms with Gasteiger partial charge >= 0.3 is 0 Å². The van der Waals surface area contributed by atoms with Gasteiger partial charge in [0.05, 0.1) is 5.75 Å². The molecule has 0 saturated carbocycles. The van der Waals surface area contributed by atoms with Crippen LogP contribution in [0.4, 0.5) is 0 Å². The summed E-state index contributed by atoms with van der Waals surface area (Å²) in [4.78, 5) is 0.